The van der Waals surface area contributed by atoms with Crippen LogP contribution in [0.15, 0.2) is 4.52 Å². The number of carbonyl (C=O) groups is 1. The summed E-state index contributed by atoms with van der Waals surface area (Å²) in [6, 6.07) is 0. The van der Waals surface area contributed by atoms with E-state index in [0.717, 1.165) is 0 Å². The number of aliphatic hydroxyl groups excluding tert-OH is 1. The molecule has 20 heavy (non-hydrogen) atoms. The number of amides is 1. The quantitative estimate of drug-likeness (QED) is 0.848. The summed E-state index contributed by atoms with van der Waals surface area (Å²) in [7, 11) is 0. The van der Waals surface area contributed by atoms with Gasteiger partial charge in [-0.2, -0.15) is 4.98 Å². The summed E-state index contributed by atoms with van der Waals surface area (Å²) in [5, 5.41) is 15.6. The van der Waals surface area contributed by atoms with Crippen molar-refractivity contribution in [3.63, 3.8) is 0 Å². The van der Waals surface area contributed by atoms with Crippen molar-refractivity contribution in [3.8, 4) is 0 Å². The van der Waals surface area contributed by atoms with Crippen LogP contribution in [-0.4, -0.2) is 40.1 Å². The standard InChI is InChI=1S/C13H23N3O4/c1-12(2,3)19-11(18)14-7-6-9-15-10(20-16-9)13(4,5)8-17/h17H,6-8H2,1-5H3,(H,14,18). The van der Waals surface area contributed by atoms with Crippen molar-refractivity contribution in [1.82, 2.24) is 15.5 Å². The van der Waals surface area contributed by atoms with Crippen molar-refractivity contribution >= 4 is 6.09 Å². The van der Waals surface area contributed by atoms with Crippen LogP contribution in [0.1, 0.15) is 46.3 Å². The van der Waals surface area contributed by atoms with E-state index in [-0.39, 0.29) is 6.61 Å². The molecule has 1 rings (SSSR count). The fraction of sp³-hybridized carbons (Fsp3) is 0.769. The minimum absolute atomic E-state index is 0.0786. The van der Waals surface area contributed by atoms with Gasteiger partial charge in [-0.3, -0.25) is 0 Å². The van der Waals surface area contributed by atoms with Gasteiger partial charge in [0.25, 0.3) is 0 Å². The van der Waals surface area contributed by atoms with Gasteiger partial charge in [-0.25, -0.2) is 4.79 Å². The molecule has 0 saturated carbocycles. The Morgan fingerprint density at radius 2 is 2.00 bits per heavy atom. The van der Waals surface area contributed by atoms with Crippen molar-refractivity contribution in [2.75, 3.05) is 13.2 Å². The lowest BCUT2D eigenvalue weighted by Crippen LogP contribution is -2.33. The summed E-state index contributed by atoms with van der Waals surface area (Å²) in [5.74, 6) is 0.866. The Hall–Kier alpha value is -1.63. The molecule has 0 spiro atoms. The van der Waals surface area contributed by atoms with Crippen LogP contribution in [0.4, 0.5) is 4.79 Å². The molecule has 0 bridgehead atoms. The number of rotatable bonds is 5. The average molecular weight is 285 g/mol. The molecule has 0 saturated heterocycles. The summed E-state index contributed by atoms with van der Waals surface area (Å²) in [5.41, 5.74) is -1.08. The minimum atomic E-state index is -0.566. The molecule has 1 aromatic heterocycles. The smallest absolute Gasteiger partial charge is 0.407 e. The van der Waals surface area contributed by atoms with Crippen molar-refractivity contribution < 1.29 is 19.2 Å². The molecule has 114 valence electrons. The van der Waals surface area contributed by atoms with Gasteiger partial charge >= 0.3 is 6.09 Å². The summed E-state index contributed by atoms with van der Waals surface area (Å²) >= 11 is 0. The van der Waals surface area contributed by atoms with Gasteiger partial charge in [0.2, 0.25) is 5.89 Å². The Morgan fingerprint density at radius 1 is 1.35 bits per heavy atom. The second-order valence-corrected chi connectivity index (χ2v) is 6.24. The van der Waals surface area contributed by atoms with E-state index in [4.69, 9.17) is 9.26 Å². The van der Waals surface area contributed by atoms with Crippen LogP contribution in [0.3, 0.4) is 0 Å². The highest BCUT2D eigenvalue weighted by atomic mass is 16.6. The van der Waals surface area contributed by atoms with Crippen molar-refractivity contribution in [2.45, 2.75) is 52.1 Å². The van der Waals surface area contributed by atoms with Crippen molar-refractivity contribution in [3.05, 3.63) is 11.7 Å². The number of carbonyl (C=O) groups excluding carboxylic acids is 1. The predicted molar refractivity (Wildman–Crippen MR) is 72.4 cm³/mol. The maximum absolute atomic E-state index is 11.4. The molecular weight excluding hydrogens is 262 g/mol. The molecule has 0 atom stereocenters. The molecule has 0 unspecified atom stereocenters. The maximum atomic E-state index is 11.4. The Labute approximate surface area is 118 Å². The van der Waals surface area contributed by atoms with Gasteiger partial charge in [0.15, 0.2) is 5.82 Å². The lowest BCUT2D eigenvalue weighted by Gasteiger charge is -2.19. The van der Waals surface area contributed by atoms with Gasteiger partial charge in [0.1, 0.15) is 5.60 Å². The molecule has 0 aliphatic carbocycles. The maximum Gasteiger partial charge on any atom is 0.407 e. The number of nitrogens with one attached hydrogen (secondary N) is 1. The van der Waals surface area contributed by atoms with Gasteiger partial charge in [0.05, 0.1) is 12.0 Å². The Kier molecular flexibility index (Phi) is 5.10. The number of ether oxygens (including phenoxy) is 1. The predicted octanol–water partition coefficient (Wildman–Crippen LogP) is 1.41. The Balaban J connectivity index is 2.42. The summed E-state index contributed by atoms with van der Waals surface area (Å²) in [6.45, 7) is 9.30. The molecule has 0 fully saturated rings. The Bertz CT molecular complexity index is 449. The van der Waals surface area contributed by atoms with Gasteiger partial charge in [-0.15, -0.1) is 0 Å². The van der Waals surface area contributed by atoms with E-state index in [2.05, 4.69) is 15.5 Å². The zero-order valence-electron chi connectivity index (χ0n) is 12.7. The van der Waals surface area contributed by atoms with E-state index in [1.54, 1.807) is 20.8 Å². The highest BCUT2D eigenvalue weighted by Crippen LogP contribution is 2.20. The monoisotopic (exact) mass is 285 g/mol. The molecule has 2 N–H and O–H groups in total. The fourth-order valence-electron chi connectivity index (χ4n) is 1.29. The van der Waals surface area contributed by atoms with Crippen LogP contribution in [0.5, 0.6) is 0 Å². The third-order valence-electron chi connectivity index (χ3n) is 2.46. The molecule has 0 aliphatic heterocycles. The van der Waals surface area contributed by atoms with Gasteiger partial charge in [-0.1, -0.05) is 5.16 Å². The molecule has 0 aliphatic rings. The lowest BCUT2D eigenvalue weighted by atomic mass is 9.95. The Morgan fingerprint density at radius 3 is 2.55 bits per heavy atom. The molecule has 1 heterocycles. The topological polar surface area (TPSA) is 97.5 Å². The number of hydrogen-bond donors (Lipinski definition) is 2. The average Bonchev–Trinajstić information content (AvgIpc) is 2.76. The normalized spacial score (nSPS) is 12.3. The lowest BCUT2D eigenvalue weighted by molar-refractivity contribution is 0.0528. The first kappa shape index (κ1) is 16.4. The first-order chi connectivity index (χ1) is 9.14. The van der Waals surface area contributed by atoms with E-state index in [1.165, 1.54) is 0 Å². The second kappa shape index (κ2) is 6.21. The number of aliphatic hydroxyl groups is 1. The van der Waals surface area contributed by atoms with Crippen LogP contribution in [0.25, 0.3) is 0 Å². The highest BCUT2D eigenvalue weighted by Gasteiger charge is 2.26. The molecule has 1 amide bonds. The molecular formula is C13H23N3O4. The SMILES string of the molecule is CC(C)(C)OC(=O)NCCc1noc(C(C)(C)CO)n1. The largest absolute Gasteiger partial charge is 0.444 e. The molecule has 1 aromatic rings. The third-order valence-corrected chi connectivity index (χ3v) is 2.46. The van der Waals surface area contributed by atoms with Crippen molar-refractivity contribution in [1.29, 1.82) is 0 Å². The fourth-order valence-corrected chi connectivity index (χ4v) is 1.29. The van der Waals surface area contributed by atoms with Crippen LogP contribution in [0.2, 0.25) is 0 Å². The first-order valence-electron chi connectivity index (χ1n) is 6.55. The summed E-state index contributed by atoms with van der Waals surface area (Å²) in [6.07, 6.45) is -0.0403. The van der Waals surface area contributed by atoms with Gasteiger partial charge < -0.3 is 19.7 Å². The number of hydrogen-bond acceptors (Lipinski definition) is 6. The van der Waals surface area contributed by atoms with Crippen LogP contribution in [0, 0.1) is 0 Å². The highest BCUT2D eigenvalue weighted by molar-refractivity contribution is 5.67. The number of alkyl carbamates (subject to hydrolysis) is 1. The molecule has 0 aromatic carbocycles. The van der Waals surface area contributed by atoms with E-state index in [1.807, 2.05) is 13.8 Å². The molecule has 7 heteroatoms. The first-order valence-corrected chi connectivity index (χ1v) is 6.55. The van der Waals surface area contributed by atoms with E-state index in [0.29, 0.717) is 24.7 Å². The van der Waals surface area contributed by atoms with Crippen molar-refractivity contribution in [2.24, 2.45) is 0 Å². The minimum Gasteiger partial charge on any atom is -0.444 e. The van der Waals surface area contributed by atoms with Crippen LogP contribution >= 0.6 is 0 Å². The molecule has 0 radical (unpaired) electrons. The van der Waals surface area contributed by atoms with E-state index >= 15 is 0 Å². The number of nitrogens with zero attached hydrogens (tertiary/aromatic N) is 2. The van der Waals surface area contributed by atoms with Gasteiger partial charge in [-0.05, 0) is 34.6 Å². The van der Waals surface area contributed by atoms with E-state index < -0.39 is 17.1 Å². The zero-order chi connectivity index (χ0) is 15.4. The molecule has 7 nitrogen and oxygen atoms in total. The van der Waals surface area contributed by atoms with Gasteiger partial charge in [0, 0.05) is 13.0 Å². The second-order valence-electron chi connectivity index (χ2n) is 6.24. The van der Waals surface area contributed by atoms with Crippen LogP contribution < -0.4 is 5.32 Å². The summed E-state index contributed by atoms with van der Waals surface area (Å²) in [4.78, 5) is 15.6. The van der Waals surface area contributed by atoms with E-state index in [9.17, 15) is 9.90 Å². The zero-order valence-corrected chi connectivity index (χ0v) is 12.7. The number of aromatic nitrogens is 2. The third kappa shape index (κ3) is 5.16. The van der Waals surface area contributed by atoms with Crippen LogP contribution in [-0.2, 0) is 16.6 Å². The summed E-state index contributed by atoms with van der Waals surface area (Å²) < 4.78 is 10.2.